The molecule has 0 saturated heterocycles. The van der Waals surface area contributed by atoms with Gasteiger partial charge in [0.2, 0.25) is 11.6 Å². The summed E-state index contributed by atoms with van der Waals surface area (Å²) in [7, 11) is 0. The summed E-state index contributed by atoms with van der Waals surface area (Å²) >= 11 is 0. The fourth-order valence-corrected chi connectivity index (χ4v) is 1.90. The number of nitrogens with zero attached hydrogens (tertiary/aromatic N) is 2. The summed E-state index contributed by atoms with van der Waals surface area (Å²) in [6, 6.07) is 0. The second-order valence-electron chi connectivity index (χ2n) is 5.15. The first-order valence-electron chi connectivity index (χ1n) is 7.39. The zero-order valence-electron chi connectivity index (χ0n) is 14.1. The van der Waals surface area contributed by atoms with E-state index in [4.69, 9.17) is 0 Å². The molecule has 0 fully saturated rings. The van der Waals surface area contributed by atoms with E-state index in [1.807, 2.05) is 0 Å². The van der Waals surface area contributed by atoms with Crippen LogP contribution in [0.4, 0.5) is 43.9 Å². The Morgan fingerprint density at radius 3 is 0.933 bits per heavy atom. The zero-order chi connectivity index (χ0) is 22.6. The maximum atomic E-state index is 13.3. The number of hydrogen-bond donors (Lipinski definition) is 0. The smallest absolute Gasteiger partial charge is 0.200 e. The standard InChI is InChI=1S/C16H6F10N2O2/c17-7-5(8(18)12(22)15(25)11(7)21)3-29-27-1-2-28-30-4-6-9(19)13(23)16(26)14(24)10(6)20/h1-2H,3-4H2. The van der Waals surface area contributed by atoms with Gasteiger partial charge in [-0.15, -0.1) is 0 Å². The van der Waals surface area contributed by atoms with Crippen molar-refractivity contribution in [2.45, 2.75) is 13.2 Å². The lowest BCUT2D eigenvalue weighted by Gasteiger charge is -2.06. The second kappa shape index (κ2) is 9.45. The van der Waals surface area contributed by atoms with Crippen molar-refractivity contribution < 1.29 is 53.6 Å². The lowest BCUT2D eigenvalue weighted by atomic mass is 10.2. The molecule has 0 amide bonds. The van der Waals surface area contributed by atoms with Gasteiger partial charge in [-0.2, -0.15) is 0 Å². The van der Waals surface area contributed by atoms with E-state index in [1.165, 1.54) is 0 Å². The van der Waals surface area contributed by atoms with E-state index in [9.17, 15) is 43.9 Å². The maximum Gasteiger partial charge on any atom is 0.200 e. The number of rotatable bonds is 7. The minimum Gasteiger partial charge on any atom is -0.391 e. The summed E-state index contributed by atoms with van der Waals surface area (Å²) in [5.74, 6) is -21.9. The van der Waals surface area contributed by atoms with Gasteiger partial charge in [0.25, 0.3) is 0 Å². The predicted molar refractivity (Wildman–Crippen MR) is 79.0 cm³/mol. The Morgan fingerprint density at radius 1 is 0.433 bits per heavy atom. The number of halogens is 10. The molecule has 162 valence electrons. The Bertz CT molecular complexity index is 887. The van der Waals surface area contributed by atoms with Crippen LogP contribution in [0.15, 0.2) is 10.3 Å². The lowest BCUT2D eigenvalue weighted by Crippen LogP contribution is -2.08. The molecule has 2 rings (SSSR count). The summed E-state index contributed by atoms with van der Waals surface area (Å²) in [5.41, 5.74) is -2.61. The molecule has 0 aliphatic heterocycles. The van der Waals surface area contributed by atoms with Crippen molar-refractivity contribution >= 4 is 12.4 Å². The highest BCUT2D eigenvalue weighted by atomic mass is 19.2. The Hall–Kier alpha value is -3.32. The summed E-state index contributed by atoms with van der Waals surface area (Å²) in [6.45, 7) is -2.33. The van der Waals surface area contributed by atoms with Gasteiger partial charge < -0.3 is 9.68 Å². The zero-order valence-corrected chi connectivity index (χ0v) is 14.1. The maximum absolute atomic E-state index is 13.3. The first-order chi connectivity index (χ1) is 14.1. The van der Waals surface area contributed by atoms with Gasteiger partial charge >= 0.3 is 0 Å². The van der Waals surface area contributed by atoms with Gasteiger partial charge in [0.15, 0.2) is 46.5 Å². The Morgan fingerprint density at radius 2 is 0.667 bits per heavy atom. The number of oxime groups is 2. The summed E-state index contributed by atoms with van der Waals surface area (Å²) < 4.78 is 131. The van der Waals surface area contributed by atoms with Crippen molar-refractivity contribution in [1.29, 1.82) is 0 Å². The highest BCUT2D eigenvalue weighted by molar-refractivity contribution is 6.15. The predicted octanol–water partition coefficient (Wildman–Crippen LogP) is 4.78. The van der Waals surface area contributed by atoms with Crippen LogP contribution in [0.3, 0.4) is 0 Å². The normalized spacial score (nSPS) is 11.7. The van der Waals surface area contributed by atoms with Crippen LogP contribution in [0.5, 0.6) is 0 Å². The third kappa shape index (κ3) is 4.46. The molecule has 14 heteroatoms. The van der Waals surface area contributed by atoms with Crippen LogP contribution in [0.25, 0.3) is 0 Å². The average Bonchev–Trinajstić information content (AvgIpc) is 2.73. The SMILES string of the molecule is Fc1c(F)c(F)c(CON=CC=NOCc2c(F)c(F)c(F)c(F)c2F)c(F)c1F. The molecule has 30 heavy (non-hydrogen) atoms. The van der Waals surface area contributed by atoms with Gasteiger partial charge in [0.1, 0.15) is 13.2 Å². The molecule has 0 aliphatic carbocycles. The third-order valence-corrected chi connectivity index (χ3v) is 3.36. The number of hydrogen-bond acceptors (Lipinski definition) is 4. The largest absolute Gasteiger partial charge is 0.391 e. The minimum atomic E-state index is -2.35. The monoisotopic (exact) mass is 448 g/mol. The molecule has 0 aromatic heterocycles. The van der Waals surface area contributed by atoms with Crippen molar-refractivity contribution in [3.05, 3.63) is 69.3 Å². The van der Waals surface area contributed by atoms with Gasteiger partial charge in [-0.3, -0.25) is 0 Å². The third-order valence-electron chi connectivity index (χ3n) is 3.36. The Kier molecular flexibility index (Phi) is 7.24. The molecule has 2 aromatic carbocycles. The van der Waals surface area contributed by atoms with Crippen LogP contribution < -0.4 is 0 Å². The van der Waals surface area contributed by atoms with Gasteiger partial charge in [0, 0.05) is 0 Å². The van der Waals surface area contributed by atoms with Gasteiger partial charge in [-0.1, -0.05) is 10.3 Å². The molecular formula is C16H6F10N2O2. The molecule has 0 heterocycles. The molecule has 0 N–H and O–H groups in total. The fourth-order valence-electron chi connectivity index (χ4n) is 1.90. The highest BCUT2D eigenvalue weighted by Gasteiger charge is 2.26. The van der Waals surface area contributed by atoms with Gasteiger partial charge in [0.05, 0.1) is 23.6 Å². The Labute approximate surface area is 160 Å². The van der Waals surface area contributed by atoms with E-state index >= 15 is 0 Å². The van der Waals surface area contributed by atoms with Crippen LogP contribution in [0.1, 0.15) is 11.1 Å². The van der Waals surface area contributed by atoms with E-state index in [0.29, 0.717) is 12.4 Å². The number of benzene rings is 2. The van der Waals surface area contributed by atoms with Crippen molar-refractivity contribution in [2.24, 2.45) is 10.3 Å². The molecule has 0 spiro atoms. The van der Waals surface area contributed by atoms with Crippen LogP contribution in [0.2, 0.25) is 0 Å². The van der Waals surface area contributed by atoms with Crippen molar-refractivity contribution in [3.8, 4) is 0 Å². The summed E-state index contributed by atoms with van der Waals surface area (Å²) in [5, 5.41) is 6.01. The topological polar surface area (TPSA) is 43.2 Å². The van der Waals surface area contributed by atoms with Crippen molar-refractivity contribution in [2.75, 3.05) is 0 Å². The first kappa shape index (κ1) is 23.0. The van der Waals surface area contributed by atoms with Crippen LogP contribution in [0, 0.1) is 58.2 Å². The highest BCUT2D eigenvalue weighted by Crippen LogP contribution is 2.24. The van der Waals surface area contributed by atoms with Crippen LogP contribution >= 0.6 is 0 Å². The minimum absolute atomic E-state index is 0.616. The molecule has 4 nitrogen and oxygen atoms in total. The fraction of sp³-hybridized carbons (Fsp3) is 0.125. The van der Waals surface area contributed by atoms with Crippen LogP contribution in [-0.2, 0) is 22.9 Å². The van der Waals surface area contributed by atoms with E-state index in [0.717, 1.165) is 0 Å². The molecule has 0 aliphatic rings. The molecule has 0 atom stereocenters. The van der Waals surface area contributed by atoms with E-state index in [1.54, 1.807) is 0 Å². The molecule has 2 aromatic rings. The van der Waals surface area contributed by atoms with E-state index in [-0.39, 0.29) is 0 Å². The van der Waals surface area contributed by atoms with Crippen molar-refractivity contribution in [1.82, 2.24) is 0 Å². The lowest BCUT2D eigenvalue weighted by molar-refractivity contribution is 0.122. The summed E-state index contributed by atoms with van der Waals surface area (Å²) in [4.78, 5) is 8.61. The van der Waals surface area contributed by atoms with E-state index in [2.05, 4.69) is 20.0 Å². The molecular weight excluding hydrogens is 442 g/mol. The molecule has 0 unspecified atom stereocenters. The van der Waals surface area contributed by atoms with E-state index < -0.39 is 82.5 Å². The van der Waals surface area contributed by atoms with Crippen LogP contribution in [-0.4, -0.2) is 12.4 Å². The average molecular weight is 448 g/mol. The first-order valence-corrected chi connectivity index (χ1v) is 7.39. The quantitative estimate of drug-likeness (QED) is 0.201. The molecule has 0 radical (unpaired) electrons. The Balaban J connectivity index is 1.93. The summed E-state index contributed by atoms with van der Waals surface area (Å²) in [6.07, 6.45) is 1.23. The molecule has 0 bridgehead atoms. The molecule has 0 saturated carbocycles. The second-order valence-corrected chi connectivity index (χ2v) is 5.15. The van der Waals surface area contributed by atoms with Crippen molar-refractivity contribution in [3.63, 3.8) is 0 Å². The van der Waals surface area contributed by atoms with Gasteiger partial charge in [-0.25, -0.2) is 43.9 Å². The van der Waals surface area contributed by atoms with Gasteiger partial charge in [-0.05, 0) is 0 Å².